The number of carbonyl (C=O) groups is 1. The van der Waals surface area contributed by atoms with E-state index in [1.54, 1.807) is 6.92 Å². The number of benzene rings is 1. The molecule has 8 heteroatoms. The number of nitrogen functional groups attached to an aromatic ring is 1. The Morgan fingerprint density at radius 1 is 1.45 bits per heavy atom. The Morgan fingerprint density at radius 3 is 2.65 bits per heavy atom. The zero-order valence-electron chi connectivity index (χ0n) is 11.0. The van der Waals surface area contributed by atoms with Gasteiger partial charge in [-0.05, 0) is 31.0 Å². The number of rotatable bonds is 3. The second-order valence-electron chi connectivity index (χ2n) is 4.89. The summed E-state index contributed by atoms with van der Waals surface area (Å²) in [7, 11) is -3.69. The quantitative estimate of drug-likeness (QED) is 0.801. The number of carbonyl (C=O) groups excluding carboxylic acids is 1. The fourth-order valence-corrected chi connectivity index (χ4v) is 4.22. The molecule has 1 aromatic carbocycles. The summed E-state index contributed by atoms with van der Waals surface area (Å²) in [5.41, 5.74) is 11.6. The van der Waals surface area contributed by atoms with Gasteiger partial charge in [0.2, 0.25) is 15.9 Å². The third-order valence-electron chi connectivity index (χ3n) is 3.47. The van der Waals surface area contributed by atoms with Crippen molar-refractivity contribution in [3.8, 4) is 0 Å². The van der Waals surface area contributed by atoms with Crippen molar-refractivity contribution in [1.82, 2.24) is 4.31 Å². The van der Waals surface area contributed by atoms with Crippen LogP contribution in [-0.2, 0) is 14.8 Å². The van der Waals surface area contributed by atoms with Gasteiger partial charge in [-0.15, -0.1) is 0 Å². The molecule has 1 aliphatic rings. The van der Waals surface area contributed by atoms with Gasteiger partial charge in [-0.3, -0.25) is 4.79 Å². The average molecular weight is 318 g/mol. The number of primary amides is 1. The Hall–Kier alpha value is -1.31. The summed E-state index contributed by atoms with van der Waals surface area (Å²) >= 11 is 5.87. The van der Waals surface area contributed by atoms with Crippen LogP contribution in [0, 0.1) is 12.8 Å². The maximum Gasteiger partial charge on any atom is 0.243 e. The summed E-state index contributed by atoms with van der Waals surface area (Å²) in [5, 5.41) is 0.317. The van der Waals surface area contributed by atoms with Crippen molar-refractivity contribution >= 4 is 33.2 Å². The van der Waals surface area contributed by atoms with Gasteiger partial charge >= 0.3 is 0 Å². The third kappa shape index (κ3) is 2.61. The normalized spacial score (nSPS) is 20.2. The molecule has 1 heterocycles. The molecule has 1 atom stereocenters. The van der Waals surface area contributed by atoms with Crippen molar-refractivity contribution in [1.29, 1.82) is 0 Å². The van der Waals surface area contributed by atoms with E-state index in [4.69, 9.17) is 23.1 Å². The fraction of sp³-hybridized carbons (Fsp3) is 0.417. The van der Waals surface area contributed by atoms with E-state index < -0.39 is 21.8 Å². The minimum atomic E-state index is -3.69. The first kappa shape index (κ1) is 15.1. The molecule has 1 aliphatic heterocycles. The number of anilines is 1. The predicted molar refractivity (Wildman–Crippen MR) is 76.7 cm³/mol. The third-order valence-corrected chi connectivity index (χ3v) is 5.80. The van der Waals surface area contributed by atoms with Crippen LogP contribution in [0.4, 0.5) is 5.69 Å². The SMILES string of the molecule is Cc1cc(Cl)c(N)cc1S(=O)(=O)N1CCC(C(N)=O)C1. The number of nitrogens with two attached hydrogens (primary N) is 2. The molecule has 1 fully saturated rings. The molecule has 0 bridgehead atoms. The Morgan fingerprint density at radius 2 is 2.10 bits per heavy atom. The highest BCUT2D eigenvalue weighted by atomic mass is 35.5. The molecular formula is C12H16ClN3O3S. The first-order valence-electron chi connectivity index (χ1n) is 6.08. The maximum atomic E-state index is 12.6. The summed E-state index contributed by atoms with van der Waals surface area (Å²) in [5.74, 6) is -0.912. The highest BCUT2D eigenvalue weighted by Crippen LogP contribution is 2.30. The number of aryl methyl sites for hydroxylation is 1. The molecule has 6 nitrogen and oxygen atoms in total. The lowest BCUT2D eigenvalue weighted by Gasteiger charge is -2.18. The Balaban J connectivity index is 2.37. The van der Waals surface area contributed by atoms with Gasteiger partial charge in [0.15, 0.2) is 0 Å². The van der Waals surface area contributed by atoms with E-state index in [2.05, 4.69) is 0 Å². The van der Waals surface area contributed by atoms with E-state index in [9.17, 15) is 13.2 Å². The zero-order chi connectivity index (χ0) is 15.1. The summed E-state index contributed by atoms with van der Waals surface area (Å²) in [4.78, 5) is 11.3. The second-order valence-corrected chi connectivity index (χ2v) is 7.20. The van der Waals surface area contributed by atoms with E-state index in [1.807, 2.05) is 0 Å². The topological polar surface area (TPSA) is 106 Å². The van der Waals surface area contributed by atoms with E-state index in [0.717, 1.165) is 0 Å². The van der Waals surface area contributed by atoms with Crippen LogP contribution in [0.3, 0.4) is 0 Å². The Bertz CT molecular complexity index is 660. The molecule has 1 amide bonds. The standard InChI is InChI=1S/C12H16ClN3O3S/c1-7-4-9(13)10(14)5-11(7)20(18,19)16-3-2-8(6-16)12(15)17/h4-5,8H,2-3,6,14H2,1H3,(H2,15,17). The fourth-order valence-electron chi connectivity index (χ4n) is 2.26. The van der Waals surface area contributed by atoms with Crippen molar-refractivity contribution in [2.24, 2.45) is 11.7 Å². The molecule has 4 N–H and O–H groups in total. The molecule has 1 saturated heterocycles. The van der Waals surface area contributed by atoms with Gasteiger partial charge in [-0.2, -0.15) is 4.31 Å². The van der Waals surface area contributed by atoms with Crippen LogP contribution in [0.1, 0.15) is 12.0 Å². The van der Waals surface area contributed by atoms with Crippen molar-refractivity contribution in [2.45, 2.75) is 18.2 Å². The molecule has 20 heavy (non-hydrogen) atoms. The molecule has 1 unspecified atom stereocenters. The average Bonchev–Trinajstić information content (AvgIpc) is 2.83. The lowest BCUT2D eigenvalue weighted by molar-refractivity contribution is -0.121. The van der Waals surface area contributed by atoms with Gasteiger partial charge in [-0.1, -0.05) is 11.6 Å². The Labute approximate surface area is 122 Å². The number of hydrogen-bond acceptors (Lipinski definition) is 4. The molecule has 2 rings (SSSR count). The first-order chi connectivity index (χ1) is 9.23. The molecule has 0 aliphatic carbocycles. The molecule has 0 spiro atoms. The van der Waals surface area contributed by atoms with Gasteiger partial charge in [-0.25, -0.2) is 8.42 Å². The smallest absolute Gasteiger partial charge is 0.243 e. The summed E-state index contributed by atoms with van der Waals surface area (Å²) in [6, 6.07) is 2.87. The van der Waals surface area contributed by atoms with Gasteiger partial charge in [0.25, 0.3) is 0 Å². The summed E-state index contributed by atoms with van der Waals surface area (Å²) in [6.07, 6.45) is 0.441. The van der Waals surface area contributed by atoms with Crippen molar-refractivity contribution in [3.63, 3.8) is 0 Å². The van der Waals surface area contributed by atoms with E-state index >= 15 is 0 Å². The lowest BCUT2D eigenvalue weighted by Crippen LogP contribution is -2.32. The largest absolute Gasteiger partial charge is 0.397 e. The van der Waals surface area contributed by atoms with E-state index in [0.29, 0.717) is 17.0 Å². The monoisotopic (exact) mass is 317 g/mol. The van der Waals surface area contributed by atoms with Gasteiger partial charge < -0.3 is 11.5 Å². The Kier molecular flexibility index (Phi) is 3.95. The minimum absolute atomic E-state index is 0.111. The number of sulfonamides is 1. The minimum Gasteiger partial charge on any atom is -0.397 e. The van der Waals surface area contributed by atoms with Crippen LogP contribution >= 0.6 is 11.6 Å². The van der Waals surface area contributed by atoms with Crippen molar-refractivity contribution < 1.29 is 13.2 Å². The van der Waals surface area contributed by atoms with Crippen LogP contribution in [-0.4, -0.2) is 31.7 Å². The molecule has 110 valence electrons. The van der Waals surface area contributed by atoms with E-state index in [-0.39, 0.29) is 23.7 Å². The van der Waals surface area contributed by atoms with Crippen LogP contribution in [0.2, 0.25) is 5.02 Å². The molecule has 0 saturated carbocycles. The van der Waals surface area contributed by atoms with Gasteiger partial charge in [0.1, 0.15) is 0 Å². The molecular weight excluding hydrogens is 302 g/mol. The van der Waals surface area contributed by atoms with Crippen LogP contribution < -0.4 is 11.5 Å². The van der Waals surface area contributed by atoms with Gasteiger partial charge in [0, 0.05) is 13.1 Å². The predicted octanol–water partition coefficient (Wildman–Crippen LogP) is 0.727. The number of nitrogens with zero attached hydrogens (tertiary/aromatic N) is 1. The second kappa shape index (κ2) is 5.23. The van der Waals surface area contributed by atoms with Gasteiger partial charge in [0.05, 0.1) is 21.5 Å². The molecule has 0 aromatic heterocycles. The zero-order valence-corrected chi connectivity index (χ0v) is 12.5. The highest BCUT2D eigenvalue weighted by molar-refractivity contribution is 7.89. The van der Waals surface area contributed by atoms with E-state index in [1.165, 1.54) is 16.4 Å². The maximum absolute atomic E-state index is 12.6. The number of amides is 1. The molecule has 1 aromatic rings. The van der Waals surface area contributed by atoms with Crippen molar-refractivity contribution in [3.05, 3.63) is 22.7 Å². The lowest BCUT2D eigenvalue weighted by atomic mass is 10.1. The number of halogens is 1. The van der Waals surface area contributed by atoms with Crippen LogP contribution in [0.15, 0.2) is 17.0 Å². The van der Waals surface area contributed by atoms with Crippen LogP contribution in [0.25, 0.3) is 0 Å². The number of hydrogen-bond donors (Lipinski definition) is 2. The highest BCUT2D eigenvalue weighted by Gasteiger charge is 2.35. The summed E-state index contributed by atoms with van der Waals surface area (Å²) in [6.45, 7) is 2.04. The summed E-state index contributed by atoms with van der Waals surface area (Å²) < 4.78 is 26.4. The van der Waals surface area contributed by atoms with Crippen molar-refractivity contribution in [2.75, 3.05) is 18.8 Å². The van der Waals surface area contributed by atoms with Crippen LogP contribution in [0.5, 0.6) is 0 Å². The molecule has 0 radical (unpaired) electrons. The first-order valence-corrected chi connectivity index (χ1v) is 7.90.